The highest BCUT2D eigenvalue weighted by molar-refractivity contribution is 5.85. The Kier molecular flexibility index (Phi) is 3.77. The monoisotopic (exact) mass is 213 g/mol. The lowest BCUT2D eigenvalue weighted by Crippen LogP contribution is -2.49. The molecule has 0 N–H and O–H groups in total. The highest BCUT2D eigenvalue weighted by Crippen LogP contribution is 2.27. The number of ether oxygens (including phenoxy) is 1. The van der Waals surface area contributed by atoms with Gasteiger partial charge in [0.25, 0.3) is 5.91 Å². The standard InChI is InChI=1S/C12H23NO2/c1-9(2)10-7-6-8-13(10)11(14)12(3,4)15-5/h9-10H,6-8H2,1-5H3. The van der Waals surface area contributed by atoms with Crippen LogP contribution in [-0.2, 0) is 9.53 Å². The molecule has 88 valence electrons. The van der Waals surface area contributed by atoms with Crippen molar-refractivity contribution in [3.8, 4) is 0 Å². The third kappa shape index (κ3) is 2.51. The average Bonchev–Trinajstić information content (AvgIpc) is 2.64. The number of methoxy groups -OCH3 is 1. The van der Waals surface area contributed by atoms with Crippen LogP contribution in [0.4, 0.5) is 0 Å². The Bertz CT molecular complexity index is 236. The van der Waals surface area contributed by atoms with Crippen LogP contribution in [0.1, 0.15) is 40.5 Å². The lowest BCUT2D eigenvalue weighted by atomic mass is 10.00. The summed E-state index contributed by atoms with van der Waals surface area (Å²) in [6, 6.07) is 0.395. The Labute approximate surface area is 92.8 Å². The Hall–Kier alpha value is -0.570. The molecule has 1 heterocycles. The predicted molar refractivity (Wildman–Crippen MR) is 60.7 cm³/mol. The van der Waals surface area contributed by atoms with E-state index in [1.165, 1.54) is 0 Å². The maximum Gasteiger partial charge on any atom is 0.254 e. The zero-order chi connectivity index (χ0) is 11.6. The van der Waals surface area contributed by atoms with Crippen molar-refractivity contribution in [1.82, 2.24) is 4.90 Å². The summed E-state index contributed by atoms with van der Waals surface area (Å²) in [6.45, 7) is 8.91. The van der Waals surface area contributed by atoms with Crippen LogP contribution in [-0.4, -0.2) is 36.1 Å². The summed E-state index contributed by atoms with van der Waals surface area (Å²) in [5, 5.41) is 0. The molecule has 0 saturated carbocycles. The van der Waals surface area contributed by atoms with Crippen molar-refractivity contribution < 1.29 is 9.53 Å². The van der Waals surface area contributed by atoms with Crippen molar-refractivity contribution in [2.45, 2.75) is 52.2 Å². The molecule has 1 fully saturated rings. The van der Waals surface area contributed by atoms with Gasteiger partial charge >= 0.3 is 0 Å². The summed E-state index contributed by atoms with van der Waals surface area (Å²) >= 11 is 0. The molecular formula is C12H23NO2. The van der Waals surface area contributed by atoms with Crippen molar-refractivity contribution in [1.29, 1.82) is 0 Å². The first-order valence-electron chi connectivity index (χ1n) is 5.76. The molecule has 0 aromatic heterocycles. The lowest BCUT2D eigenvalue weighted by Gasteiger charge is -2.33. The van der Waals surface area contributed by atoms with Gasteiger partial charge in [0, 0.05) is 19.7 Å². The van der Waals surface area contributed by atoms with E-state index in [1.807, 2.05) is 18.7 Å². The number of carbonyl (C=O) groups excluding carboxylic acids is 1. The highest BCUT2D eigenvalue weighted by Gasteiger charge is 2.38. The maximum atomic E-state index is 12.2. The second kappa shape index (κ2) is 4.52. The van der Waals surface area contributed by atoms with E-state index >= 15 is 0 Å². The number of hydrogen-bond acceptors (Lipinski definition) is 2. The molecule has 0 aromatic carbocycles. The molecule has 1 aliphatic rings. The van der Waals surface area contributed by atoms with Crippen LogP contribution in [0.5, 0.6) is 0 Å². The number of carbonyl (C=O) groups is 1. The fraction of sp³-hybridized carbons (Fsp3) is 0.917. The summed E-state index contributed by atoms with van der Waals surface area (Å²) in [6.07, 6.45) is 2.25. The van der Waals surface area contributed by atoms with Gasteiger partial charge in [0.2, 0.25) is 0 Å². The Morgan fingerprint density at radius 2 is 2.07 bits per heavy atom. The molecule has 3 heteroatoms. The van der Waals surface area contributed by atoms with Crippen LogP contribution < -0.4 is 0 Å². The molecular weight excluding hydrogens is 190 g/mol. The number of hydrogen-bond donors (Lipinski definition) is 0. The second-order valence-electron chi connectivity index (χ2n) is 5.17. The van der Waals surface area contributed by atoms with Crippen LogP contribution in [0.15, 0.2) is 0 Å². The van der Waals surface area contributed by atoms with Crippen molar-refractivity contribution in [3.05, 3.63) is 0 Å². The highest BCUT2D eigenvalue weighted by atomic mass is 16.5. The van der Waals surface area contributed by atoms with E-state index in [0.717, 1.165) is 19.4 Å². The van der Waals surface area contributed by atoms with Gasteiger partial charge in [-0.2, -0.15) is 0 Å². The van der Waals surface area contributed by atoms with E-state index in [4.69, 9.17) is 4.74 Å². The fourth-order valence-corrected chi connectivity index (χ4v) is 2.17. The predicted octanol–water partition coefficient (Wildman–Crippen LogP) is 2.06. The van der Waals surface area contributed by atoms with Gasteiger partial charge in [-0.15, -0.1) is 0 Å². The van der Waals surface area contributed by atoms with Crippen molar-refractivity contribution in [3.63, 3.8) is 0 Å². The van der Waals surface area contributed by atoms with Gasteiger partial charge in [0.05, 0.1) is 0 Å². The number of likely N-dealkylation sites (tertiary alicyclic amines) is 1. The number of amides is 1. The minimum absolute atomic E-state index is 0.126. The zero-order valence-electron chi connectivity index (χ0n) is 10.5. The SMILES string of the molecule is COC(C)(C)C(=O)N1CCCC1C(C)C. The van der Waals surface area contributed by atoms with Crippen molar-refractivity contribution in [2.24, 2.45) is 5.92 Å². The molecule has 0 radical (unpaired) electrons. The van der Waals surface area contributed by atoms with Gasteiger partial charge in [-0.3, -0.25) is 4.79 Å². The Balaban J connectivity index is 2.75. The quantitative estimate of drug-likeness (QED) is 0.718. The first-order chi connectivity index (χ1) is 6.90. The Morgan fingerprint density at radius 1 is 1.47 bits per heavy atom. The van der Waals surface area contributed by atoms with E-state index in [2.05, 4.69) is 13.8 Å². The summed E-state index contributed by atoms with van der Waals surface area (Å²) in [7, 11) is 1.60. The third-order valence-corrected chi connectivity index (χ3v) is 3.35. The smallest absolute Gasteiger partial charge is 0.254 e. The average molecular weight is 213 g/mol. The molecule has 1 unspecified atom stereocenters. The number of rotatable bonds is 3. The lowest BCUT2D eigenvalue weighted by molar-refractivity contribution is -0.152. The summed E-state index contributed by atoms with van der Waals surface area (Å²) in [5.74, 6) is 0.658. The van der Waals surface area contributed by atoms with Crippen LogP contribution in [0, 0.1) is 5.92 Å². The normalized spacial score (nSPS) is 22.5. The van der Waals surface area contributed by atoms with Gasteiger partial charge < -0.3 is 9.64 Å². The van der Waals surface area contributed by atoms with Gasteiger partial charge in [-0.25, -0.2) is 0 Å². The van der Waals surface area contributed by atoms with Crippen LogP contribution in [0.3, 0.4) is 0 Å². The minimum atomic E-state index is -0.683. The molecule has 0 aliphatic carbocycles. The van der Waals surface area contributed by atoms with Gasteiger partial charge in [0.15, 0.2) is 0 Å². The first-order valence-corrected chi connectivity index (χ1v) is 5.76. The van der Waals surface area contributed by atoms with Crippen LogP contribution >= 0.6 is 0 Å². The zero-order valence-corrected chi connectivity index (χ0v) is 10.5. The first kappa shape index (κ1) is 12.5. The molecule has 3 nitrogen and oxygen atoms in total. The molecule has 0 bridgehead atoms. The molecule has 0 spiro atoms. The van der Waals surface area contributed by atoms with E-state index < -0.39 is 5.60 Å². The maximum absolute atomic E-state index is 12.2. The van der Waals surface area contributed by atoms with Crippen LogP contribution in [0.2, 0.25) is 0 Å². The van der Waals surface area contributed by atoms with Crippen LogP contribution in [0.25, 0.3) is 0 Å². The second-order valence-corrected chi connectivity index (χ2v) is 5.17. The van der Waals surface area contributed by atoms with Gasteiger partial charge in [0.1, 0.15) is 5.60 Å². The molecule has 15 heavy (non-hydrogen) atoms. The van der Waals surface area contributed by atoms with E-state index in [0.29, 0.717) is 12.0 Å². The van der Waals surface area contributed by atoms with E-state index in [-0.39, 0.29) is 5.91 Å². The fourth-order valence-electron chi connectivity index (χ4n) is 2.17. The molecule has 0 aromatic rings. The summed E-state index contributed by atoms with van der Waals surface area (Å²) in [4.78, 5) is 14.2. The van der Waals surface area contributed by atoms with E-state index in [9.17, 15) is 4.79 Å². The van der Waals surface area contributed by atoms with E-state index in [1.54, 1.807) is 7.11 Å². The summed E-state index contributed by atoms with van der Waals surface area (Å²) < 4.78 is 5.25. The van der Waals surface area contributed by atoms with Crippen molar-refractivity contribution >= 4 is 5.91 Å². The van der Waals surface area contributed by atoms with Gasteiger partial charge in [-0.1, -0.05) is 13.8 Å². The third-order valence-electron chi connectivity index (χ3n) is 3.35. The van der Waals surface area contributed by atoms with Crippen molar-refractivity contribution in [2.75, 3.05) is 13.7 Å². The van der Waals surface area contributed by atoms with Gasteiger partial charge in [-0.05, 0) is 32.6 Å². The molecule has 1 amide bonds. The minimum Gasteiger partial charge on any atom is -0.369 e. The largest absolute Gasteiger partial charge is 0.369 e. The molecule has 1 aliphatic heterocycles. The Morgan fingerprint density at radius 3 is 2.53 bits per heavy atom. The number of nitrogens with zero attached hydrogens (tertiary/aromatic N) is 1. The molecule has 1 rings (SSSR count). The molecule has 1 atom stereocenters. The molecule has 1 saturated heterocycles. The summed E-state index contributed by atoms with van der Waals surface area (Å²) in [5.41, 5.74) is -0.683. The topological polar surface area (TPSA) is 29.5 Å².